The molecule has 4 heteroatoms. The topological polar surface area (TPSA) is 64.9 Å². The van der Waals surface area contributed by atoms with Crippen LogP contribution in [0.3, 0.4) is 0 Å². The van der Waals surface area contributed by atoms with Crippen LogP contribution in [0.4, 0.5) is 0 Å². The molecule has 0 aromatic heterocycles. The number of nitrogens with one attached hydrogen (secondary N) is 2. The first-order valence-electron chi connectivity index (χ1n) is 8.86. The van der Waals surface area contributed by atoms with Gasteiger partial charge in [-0.15, -0.1) is 0 Å². The first-order chi connectivity index (χ1) is 11.4. The van der Waals surface area contributed by atoms with Gasteiger partial charge in [-0.1, -0.05) is 51.1 Å². The zero-order valence-corrected chi connectivity index (χ0v) is 15.1. The summed E-state index contributed by atoms with van der Waals surface area (Å²) >= 11 is 0. The van der Waals surface area contributed by atoms with E-state index in [1.807, 2.05) is 39.0 Å². The van der Waals surface area contributed by atoms with Crippen molar-refractivity contribution >= 4 is 5.91 Å². The third-order valence-corrected chi connectivity index (χ3v) is 4.90. The Kier molecular flexibility index (Phi) is 6.01. The standard InChI is InChI=1S/C20H29N3O/c1-19(2,3)18(24)23-14-13-22-17-9-11-20(15-21,12-10-17)16-7-5-4-6-8-16/h4-8,17,22H,9-14H2,1-3H3,(H,23,24). The lowest BCUT2D eigenvalue weighted by molar-refractivity contribution is -0.128. The highest BCUT2D eigenvalue weighted by Gasteiger charge is 2.36. The van der Waals surface area contributed by atoms with Crippen LogP contribution in [0, 0.1) is 16.7 Å². The third kappa shape index (κ3) is 4.58. The van der Waals surface area contributed by atoms with Gasteiger partial charge in [-0.05, 0) is 31.2 Å². The zero-order chi connectivity index (χ0) is 17.6. The van der Waals surface area contributed by atoms with Gasteiger partial charge in [0.25, 0.3) is 0 Å². The predicted octanol–water partition coefficient (Wildman–Crippen LogP) is 3.14. The van der Waals surface area contributed by atoms with Crippen LogP contribution in [0.1, 0.15) is 52.0 Å². The van der Waals surface area contributed by atoms with Crippen molar-refractivity contribution in [3.05, 3.63) is 35.9 Å². The third-order valence-electron chi connectivity index (χ3n) is 4.90. The Balaban J connectivity index is 1.77. The number of benzene rings is 1. The van der Waals surface area contributed by atoms with Gasteiger partial charge < -0.3 is 10.6 Å². The van der Waals surface area contributed by atoms with Gasteiger partial charge in [-0.25, -0.2) is 0 Å². The van der Waals surface area contributed by atoms with Crippen LogP contribution < -0.4 is 10.6 Å². The van der Waals surface area contributed by atoms with Crippen molar-refractivity contribution in [2.45, 2.75) is 57.9 Å². The SMILES string of the molecule is CC(C)(C)C(=O)NCCNC1CCC(C#N)(c2ccccc2)CC1. The second-order valence-electron chi connectivity index (χ2n) is 7.79. The van der Waals surface area contributed by atoms with Crippen molar-refractivity contribution < 1.29 is 4.79 Å². The summed E-state index contributed by atoms with van der Waals surface area (Å²) in [6, 6.07) is 13.2. The second kappa shape index (κ2) is 7.81. The van der Waals surface area contributed by atoms with Gasteiger partial charge in [-0.3, -0.25) is 4.79 Å². The van der Waals surface area contributed by atoms with Crippen molar-refractivity contribution in [3.63, 3.8) is 0 Å². The van der Waals surface area contributed by atoms with Gasteiger partial charge in [-0.2, -0.15) is 5.26 Å². The summed E-state index contributed by atoms with van der Waals surface area (Å²) in [4.78, 5) is 11.8. The van der Waals surface area contributed by atoms with Crippen molar-refractivity contribution in [2.75, 3.05) is 13.1 Å². The molecule has 0 heterocycles. The molecular formula is C20H29N3O. The van der Waals surface area contributed by atoms with E-state index in [1.165, 1.54) is 0 Å². The first-order valence-corrected chi connectivity index (χ1v) is 8.86. The second-order valence-corrected chi connectivity index (χ2v) is 7.79. The van der Waals surface area contributed by atoms with Gasteiger partial charge in [0.1, 0.15) is 0 Å². The zero-order valence-electron chi connectivity index (χ0n) is 15.1. The fourth-order valence-electron chi connectivity index (χ4n) is 3.25. The van der Waals surface area contributed by atoms with Gasteiger partial charge in [0.05, 0.1) is 11.5 Å². The van der Waals surface area contributed by atoms with Gasteiger partial charge in [0.2, 0.25) is 5.91 Å². The minimum atomic E-state index is -0.340. The van der Waals surface area contributed by atoms with Crippen LogP contribution in [-0.4, -0.2) is 25.0 Å². The molecule has 0 radical (unpaired) electrons. The molecule has 4 nitrogen and oxygen atoms in total. The number of hydrogen-bond acceptors (Lipinski definition) is 3. The first kappa shape index (κ1) is 18.5. The number of hydrogen-bond donors (Lipinski definition) is 2. The summed E-state index contributed by atoms with van der Waals surface area (Å²) in [5, 5.41) is 16.2. The quantitative estimate of drug-likeness (QED) is 0.817. The van der Waals surface area contributed by atoms with Crippen LogP contribution in [0.25, 0.3) is 0 Å². The predicted molar refractivity (Wildman–Crippen MR) is 96.5 cm³/mol. The Bertz CT molecular complexity index is 575. The fraction of sp³-hybridized carbons (Fsp3) is 0.600. The number of nitriles is 1. The van der Waals surface area contributed by atoms with Gasteiger partial charge in [0.15, 0.2) is 0 Å². The smallest absolute Gasteiger partial charge is 0.225 e. The maximum atomic E-state index is 11.8. The van der Waals surface area contributed by atoms with Crippen LogP contribution in [0.5, 0.6) is 0 Å². The fourth-order valence-corrected chi connectivity index (χ4v) is 3.25. The number of rotatable bonds is 5. The molecule has 0 bridgehead atoms. The van der Waals surface area contributed by atoms with Crippen LogP contribution in [0.2, 0.25) is 0 Å². The molecule has 1 amide bonds. The summed E-state index contributed by atoms with van der Waals surface area (Å²) in [5.41, 5.74) is 0.468. The lowest BCUT2D eigenvalue weighted by Gasteiger charge is -2.35. The monoisotopic (exact) mass is 327 g/mol. The van der Waals surface area contributed by atoms with E-state index in [9.17, 15) is 10.1 Å². The summed E-state index contributed by atoms with van der Waals surface area (Å²) < 4.78 is 0. The molecule has 2 rings (SSSR count). The van der Waals surface area contributed by atoms with E-state index < -0.39 is 0 Å². The van der Waals surface area contributed by atoms with Crippen LogP contribution in [0.15, 0.2) is 30.3 Å². The Hall–Kier alpha value is -1.86. The summed E-state index contributed by atoms with van der Waals surface area (Å²) in [5.74, 6) is 0.0838. The van der Waals surface area contributed by atoms with E-state index >= 15 is 0 Å². The molecule has 0 saturated heterocycles. The molecule has 1 aromatic rings. The average molecular weight is 327 g/mol. The molecule has 1 aliphatic carbocycles. The number of amides is 1. The number of carbonyl (C=O) groups excluding carboxylic acids is 1. The van der Waals surface area contributed by atoms with E-state index in [0.29, 0.717) is 12.6 Å². The van der Waals surface area contributed by atoms with E-state index in [1.54, 1.807) is 0 Å². The Morgan fingerprint density at radius 1 is 1.21 bits per heavy atom. The molecule has 1 aromatic carbocycles. The molecular weight excluding hydrogens is 298 g/mol. The number of nitrogens with zero attached hydrogens (tertiary/aromatic N) is 1. The minimum absolute atomic E-state index is 0.0838. The van der Waals surface area contributed by atoms with Crippen molar-refractivity contribution in [2.24, 2.45) is 5.41 Å². The summed E-state index contributed by atoms with van der Waals surface area (Å²) in [6.07, 6.45) is 3.77. The van der Waals surface area contributed by atoms with E-state index in [-0.39, 0.29) is 16.7 Å². The highest BCUT2D eigenvalue weighted by atomic mass is 16.2. The highest BCUT2D eigenvalue weighted by molar-refractivity contribution is 5.81. The Labute approximate surface area is 145 Å². The largest absolute Gasteiger partial charge is 0.354 e. The molecule has 1 aliphatic rings. The van der Waals surface area contributed by atoms with Gasteiger partial charge in [0, 0.05) is 24.5 Å². The molecule has 0 unspecified atom stereocenters. The van der Waals surface area contributed by atoms with Crippen molar-refractivity contribution in [3.8, 4) is 6.07 Å². The molecule has 24 heavy (non-hydrogen) atoms. The van der Waals surface area contributed by atoms with Crippen molar-refractivity contribution in [1.29, 1.82) is 5.26 Å². The molecule has 130 valence electrons. The number of carbonyl (C=O) groups is 1. The molecule has 2 N–H and O–H groups in total. The van der Waals surface area contributed by atoms with E-state index in [0.717, 1.165) is 37.8 Å². The molecule has 0 aliphatic heterocycles. The maximum absolute atomic E-state index is 11.8. The highest BCUT2D eigenvalue weighted by Crippen LogP contribution is 2.38. The van der Waals surface area contributed by atoms with Crippen molar-refractivity contribution in [1.82, 2.24) is 10.6 Å². The summed E-state index contributed by atoms with van der Waals surface area (Å²) in [7, 11) is 0. The molecule has 1 fully saturated rings. The van der Waals surface area contributed by atoms with E-state index in [4.69, 9.17) is 0 Å². The van der Waals surface area contributed by atoms with Gasteiger partial charge >= 0.3 is 0 Å². The van der Waals surface area contributed by atoms with E-state index in [2.05, 4.69) is 28.8 Å². The average Bonchev–Trinajstić information content (AvgIpc) is 2.59. The normalized spacial score (nSPS) is 24.2. The van der Waals surface area contributed by atoms with Crippen LogP contribution in [-0.2, 0) is 10.2 Å². The Morgan fingerprint density at radius 3 is 2.38 bits per heavy atom. The maximum Gasteiger partial charge on any atom is 0.225 e. The lowest BCUT2D eigenvalue weighted by atomic mass is 9.69. The summed E-state index contributed by atoms with van der Waals surface area (Å²) in [6.45, 7) is 7.18. The minimum Gasteiger partial charge on any atom is -0.354 e. The Morgan fingerprint density at radius 2 is 1.83 bits per heavy atom. The molecule has 0 atom stereocenters. The lowest BCUT2D eigenvalue weighted by Crippen LogP contribution is -2.43. The molecule has 0 spiro atoms. The molecule has 1 saturated carbocycles. The van der Waals surface area contributed by atoms with Crippen LogP contribution >= 0.6 is 0 Å².